The lowest BCUT2D eigenvalue weighted by molar-refractivity contribution is 0.189. The highest BCUT2D eigenvalue weighted by atomic mass is 16.5. The van der Waals surface area contributed by atoms with Crippen LogP contribution < -0.4 is 5.32 Å². The highest BCUT2D eigenvalue weighted by molar-refractivity contribution is 5.01. The third-order valence-electron chi connectivity index (χ3n) is 3.07. The monoisotopic (exact) mass is 225 g/mol. The van der Waals surface area contributed by atoms with Gasteiger partial charge >= 0.3 is 0 Å². The molecular formula is C13H23NO2. The van der Waals surface area contributed by atoms with Crippen LogP contribution in [0, 0.1) is 5.41 Å². The van der Waals surface area contributed by atoms with Gasteiger partial charge in [-0.2, -0.15) is 0 Å². The van der Waals surface area contributed by atoms with Gasteiger partial charge in [-0.1, -0.05) is 13.8 Å². The van der Waals surface area contributed by atoms with E-state index < -0.39 is 0 Å². The van der Waals surface area contributed by atoms with Gasteiger partial charge in [0.1, 0.15) is 5.76 Å². The third kappa shape index (κ3) is 4.37. The minimum Gasteiger partial charge on any atom is -0.469 e. The van der Waals surface area contributed by atoms with Crippen LogP contribution in [-0.4, -0.2) is 26.8 Å². The lowest BCUT2D eigenvalue weighted by atomic mass is 9.83. The standard InChI is InChI=1S/C13H23NO2/c1-4-13(2,11-14-7-9-15-3)10-12-6-5-8-16-12/h5-6,8,14H,4,7,9-11H2,1-3H3. The summed E-state index contributed by atoms with van der Waals surface area (Å²) in [5, 5.41) is 3.42. The van der Waals surface area contributed by atoms with Gasteiger partial charge in [-0.25, -0.2) is 0 Å². The van der Waals surface area contributed by atoms with Crippen LogP contribution in [0.25, 0.3) is 0 Å². The molecule has 0 aromatic carbocycles. The summed E-state index contributed by atoms with van der Waals surface area (Å²) in [5.74, 6) is 1.07. The van der Waals surface area contributed by atoms with Crippen LogP contribution in [-0.2, 0) is 11.2 Å². The zero-order valence-corrected chi connectivity index (χ0v) is 10.6. The van der Waals surface area contributed by atoms with Crippen molar-refractivity contribution in [2.75, 3.05) is 26.8 Å². The molecule has 1 atom stereocenters. The smallest absolute Gasteiger partial charge is 0.104 e. The predicted molar refractivity (Wildman–Crippen MR) is 65.6 cm³/mol. The Kier molecular flexibility index (Phi) is 5.56. The normalized spacial score (nSPS) is 14.9. The molecule has 1 aromatic heterocycles. The Morgan fingerprint density at radius 2 is 2.31 bits per heavy atom. The molecule has 0 spiro atoms. The zero-order valence-electron chi connectivity index (χ0n) is 10.6. The first-order chi connectivity index (χ1) is 7.70. The molecule has 0 fully saturated rings. The Hall–Kier alpha value is -0.800. The van der Waals surface area contributed by atoms with E-state index in [1.807, 2.05) is 12.1 Å². The fourth-order valence-electron chi connectivity index (χ4n) is 1.71. The van der Waals surface area contributed by atoms with E-state index in [-0.39, 0.29) is 5.41 Å². The molecule has 0 saturated carbocycles. The van der Waals surface area contributed by atoms with E-state index in [9.17, 15) is 0 Å². The second-order valence-corrected chi connectivity index (χ2v) is 4.59. The second kappa shape index (κ2) is 6.71. The molecule has 0 aliphatic heterocycles. The van der Waals surface area contributed by atoms with Gasteiger partial charge in [0.15, 0.2) is 0 Å². The molecule has 92 valence electrons. The van der Waals surface area contributed by atoms with Crippen molar-refractivity contribution in [3.8, 4) is 0 Å². The van der Waals surface area contributed by atoms with Gasteiger partial charge in [-0.3, -0.25) is 0 Å². The summed E-state index contributed by atoms with van der Waals surface area (Å²) in [6.45, 7) is 7.18. The summed E-state index contributed by atoms with van der Waals surface area (Å²) in [4.78, 5) is 0. The van der Waals surface area contributed by atoms with E-state index in [0.717, 1.165) is 38.3 Å². The summed E-state index contributed by atoms with van der Waals surface area (Å²) in [6.07, 6.45) is 3.86. The molecule has 0 bridgehead atoms. The lowest BCUT2D eigenvalue weighted by Crippen LogP contribution is -2.34. The molecule has 16 heavy (non-hydrogen) atoms. The summed E-state index contributed by atoms with van der Waals surface area (Å²) >= 11 is 0. The van der Waals surface area contributed by atoms with Crippen molar-refractivity contribution in [2.45, 2.75) is 26.7 Å². The number of rotatable bonds is 8. The zero-order chi connectivity index (χ0) is 11.9. The van der Waals surface area contributed by atoms with Crippen LogP contribution in [0.15, 0.2) is 22.8 Å². The minimum absolute atomic E-state index is 0.256. The molecule has 1 unspecified atom stereocenters. The van der Waals surface area contributed by atoms with Crippen molar-refractivity contribution >= 4 is 0 Å². The van der Waals surface area contributed by atoms with E-state index >= 15 is 0 Å². The first-order valence-corrected chi connectivity index (χ1v) is 5.92. The van der Waals surface area contributed by atoms with Gasteiger partial charge < -0.3 is 14.5 Å². The van der Waals surface area contributed by atoms with Crippen LogP contribution in [0.3, 0.4) is 0 Å². The molecule has 0 radical (unpaired) electrons. The van der Waals surface area contributed by atoms with Crippen molar-refractivity contribution in [3.05, 3.63) is 24.2 Å². The van der Waals surface area contributed by atoms with Crippen molar-refractivity contribution in [2.24, 2.45) is 5.41 Å². The van der Waals surface area contributed by atoms with Gasteiger partial charge in [0.25, 0.3) is 0 Å². The van der Waals surface area contributed by atoms with Crippen molar-refractivity contribution in [3.63, 3.8) is 0 Å². The first kappa shape index (κ1) is 13.3. The molecular weight excluding hydrogens is 202 g/mol. The number of furan rings is 1. The van der Waals surface area contributed by atoms with Gasteiger partial charge in [-0.15, -0.1) is 0 Å². The first-order valence-electron chi connectivity index (χ1n) is 5.92. The summed E-state index contributed by atoms with van der Waals surface area (Å²) in [5.41, 5.74) is 0.256. The lowest BCUT2D eigenvalue weighted by Gasteiger charge is -2.27. The number of ether oxygens (including phenoxy) is 1. The highest BCUT2D eigenvalue weighted by Gasteiger charge is 2.23. The third-order valence-corrected chi connectivity index (χ3v) is 3.07. The number of hydrogen-bond acceptors (Lipinski definition) is 3. The van der Waals surface area contributed by atoms with Crippen molar-refractivity contribution < 1.29 is 9.15 Å². The molecule has 0 saturated heterocycles. The van der Waals surface area contributed by atoms with Crippen molar-refractivity contribution in [1.29, 1.82) is 0 Å². The maximum atomic E-state index is 5.41. The Morgan fingerprint density at radius 1 is 1.50 bits per heavy atom. The molecule has 3 heteroatoms. The Balaban J connectivity index is 2.37. The predicted octanol–water partition coefficient (Wildman–Crippen LogP) is 2.47. The van der Waals surface area contributed by atoms with Gasteiger partial charge in [-0.05, 0) is 24.0 Å². The highest BCUT2D eigenvalue weighted by Crippen LogP contribution is 2.25. The van der Waals surface area contributed by atoms with Crippen LogP contribution in [0.4, 0.5) is 0 Å². The SMILES string of the molecule is CCC(C)(CNCCOC)Cc1ccco1. The minimum atomic E-state index is 0.256. The topological polar surface area (TPSA) is 34.4 Å². The van der Waals surface area contributed by atoms with Crippen LogP contribution >= 0.6 is 0 Å². The maximum Gasteiger partial charge on any atom is 0.104 e. The Morgan fingerprint density at radius 3 is 2.88 bits per heavy atom. The van der Waals surface area contributed by atoms with E-state index in [4.69, 9.17) is 9.15 Å². The second-order valence-electron chi connectivity index (χ2n) is 4.59. The van der Waals surface area contributed by atoms with Crippen molar-refractivity contribution in [1.82, 2.24) is 5.32 Å². The van der Waals surface area contributed by atoms with E-state index in [0.29, 0.717) is 0 Å². The Bertz CT molecular complexity index is 271. The van der Waals surface area contributed by atoms with Crippen LogP contribution in [0.5, 0.6) is 0 Å². The van der Waals surface area contributed by atoms with Gasteiger partial charge in [0.2, 0.25) is 0 Å². The van der Waals surface area contributed by atoms with E-state index in [1.165, 1.54) is 0 Å². The molecule has 1 aromatic rings. The molecule has 0 aliphatic carbocycles. The van der Waals surface area contributed by atoms with Gasteiger partial charge in [0, 0.05) is 26.6 Å². The molecule has 1 N–H and O–H groups in total. The fraction of sp³-hybridized carbons (Fsp3) is 0.692. The summed E-state index contributed by atoms with van der Waals surface area (Å²) in [7, 11) is 1.73. The maximum absolute atomic E-state index is 5.41. The largest absolute Gasteiger partial charge is 0.469 e. The number of hydrogen-bond donors (Lipinski definition) is 1. The molecule has 3 nitrogen and oxygen atoms in total. The van der Waals surface area contributed by atoms with Crippen LogP contribution in [0.2, 0.25) is 0 Å². The number of methoxy groups -OCH3 is 1. The average molecular weight is 225 g/mol. The summed E-state index contributed by atoms with van der Waals surface area (Å²) in [6, 6.07) is 3.99. The number of nitrogens with one attached hydrogen (secondary N) is 1. The van der Waals surface area contributed by atoms with Crippen LogP contribution in [0.1, 0.15) is 26.0 Å². The van der Waals surface area contributed by atoms with Gasteiger partial charge in [0.05, 0.1) is 12.9 Å². The molecule has 0 aliphatic rings. The molecule has 1 rings (SSSR count). The summed E-state index contributed by atoms with van der Waals surface area (Å²) < 4.78 is 10.4. The molecule has 1 heterocycles. The fourth-order valence-corrected chi connectivity index (χ4v) is 1.71. The quantitative estimate of drug-likeness (QED) is 0.690. The average Bonchev–Trinajstić information content (AvgIpc) is 2.77. The molecule has 0 amide bonds. The Labute approximate surface area is 98.2 Å². The van der Waals surface area contributed by atoms with E-state index in [1.54, 1.807) is 13.4 Å². The van der Waals surface area contributed by atoms with E-state index in [2.05, 4.69) is 19.2 Å².